The van der Waals surface area contributed by atoms with Crippen molar-refractivity contribution in [3.63, 3.8) is 0 Å². The second kappa shape index (κ2) is 7.85. The Kier molecular flexibility index (Phi) is 4.78. The minimum atomic E-state index is -0.681. The quantitative estimate of drug-likeness (QED) is 0.430. The molecule has 3 saturated heterocycles. The van der Waals surface area contributed by atoms with E-state index in [-0.39, 0.29) is 35.7 Å². The number of anilines is 1. The maximum Gasteiger partial charge on any atom is 0.332 e. The number of carbonyl (C=O) groups is 3. The van der Waals surface area contributed by atoms with Gasteiger partial charge in [-0.1, -0.05) is 18.2 Å². The molecular weight excluding hydrogens is 450 g/mol. The Hall–Kier alpha value is -3.90. The Balaban J connectivity index is 1.27. The number of rotatable bonds is 4. The molecule has 2 bridgehead atoms. The lowest BCUT2D eigenvalue weighted by atomic mass is 10.1. The van der Waals surface area contributed by atoms with E-state index >= 15 is 0 Å². The van der Waals surface area contributed by atoms with Crippen molar-refractivity contribution in [1.82, 2.24) is 14.8 Å². The molecule has 3 fully saturated rings. The van der Waals surface area contributed by atoms with Crippen LogP contribution in [0.1, 0.15) is 12.0 Å². The van der Waals surface area contributed by atoms with Gasteiger partial charge < -0.3 is 9.80 Å². The third-order valence-electron chi connectivity index (χ3n) is 6.80. The Bertz CT molecular complexity index is 1390. The van der Waals surface area contributed by atoms with Crippen molar-refractivity contribution in [3.8, 4) is 6.07 Å². The Morgan fingerprint density at radius 2 is 1.94 bits per heavy atom. The molecule has 3 aliphatic heterocycles. The zero-order valence-corrected chi connectivity index (χ0v) is 18.8. The van der Waals surface area contributed by atoms with Gasteiger partial charge in [0.2, 0.25) is 5.91 Å². The number of nitrogens with zero attached hydrogens (tertiary/aromatic N) is 5. The Labute approximate surface area is 199 Å². The molecule has 34 heavy (non-hydrogen) atoms. The predicted octanol–water partition coefficient (Wildman–Crippen LogP) is 3.02. The van der Waals surface area contributed by atoms with Crippen LogP contribution in [0.3, 0.4) is 0 Å². The molecule has 4 heterocycles. The molecule has 0 saturated carbocycles. The van der Waals surface area contributed by atoms with Crippen molar-refractivity contribution in [2.75, 3.05) is 17.2 Å². The SMILES string of the molecule is N#Cc1ccc(N2C(=O)[C@H]3[C@H]4C[C@@H](CN4C(=O)CSc4ccccc4)N3C2=O)c2cccnc12. The van der Waals surface area contributed by atoms with Gasteiger partial charge in [-0.05, 0) is 42.8 Å². The fourth-order valence-corrected chi connectivity index (χ4v) is 6.16. The molecule has 0 unspecified atom stereocenters. The lowest BCUT2D eigenvalue weighted by Gasteiger charge is -2.34. The molecule has 0 aliphatic carbocycles. The Morgan fingerprint density at radius 3 is 2.74 bits per heavy atom. The molecule has 0 N–H and O–H groups in total. The Morgan fingerprint density at radius 1 is 1.12 bits per heavy atom. The average molecular weight is 470 g/mol. The van der Waals surface area contributed by atoms with Gasteiger partial charge in [-0.2, -0.15) is 5.26 Å². The average Bonchev–Trinajstić information content (AvgIpc) is 3.54. The molecule has 2 aromatic carbocycles. The summed E-state index contributed by atoms with van der Waals surface area (Å²) in [7, 11) is 0. The standard InChI is InChI=1S/C25H19N5O3S/c26-12-15-8-9-19(18-7-4-10-27-22(15)18)30-24(32)23-20-11-16(29(23)25(30)33)13-28(20)21(31)14-34-17-5-2-1-3-6-17/h1-10,16,20,23H,11,13-14H2/t16-,20+,23+/m0/s1. The van der Waals surface area contributed by atoms with E-state index in [9.17, 15) is 19.6 Å². The second-order valence-electron chi connectivity index (χ2n) is 8.56. The van der Waals surface area contributed by atoms with Gasteiger partial charge >= 0.3 is 6.03 Å². The summed E-state index contributed by atoms with van der Waals surface area (Å²) >= 11 is 1.47. The first-order valence-corrected chi connectivity index (χ1v) is 12.0. The maximum absolute atomic E-state index is 13.6. The first-order chi connectivity index (χ1) is 16.6. The number of hydrogen-bond donors (Lipinski definition) is 0. The van der Waals surface area contributed by atoms with E-state index in [1.165, 1.54) is 16.7 Å². The fourth-order valence-electron chi connectivity index (χ4n) is 5.35. The van der Waals surface area contributed by atoms with Crippen LogP contribution in [-0.2, 0) is 9.59 Å². The summed E-state index contributed by atoms with van der Waals surface area (Å²) in [5.74, 6) is -0.0640. The highest BCUT2D eigenvalue weighted by atomic mass is 32.2. The lowest BCUT2D eigenvalue weighted by Crippen LogP contribution is -2.55. The number of pyridine rings is 1. The number of carbonyl (C=O) groups excluding carboxylic acids is 3. The summed E-state index contributed by atoms with van der Waals surface area (Å²) in [5, 5.41) is 9.99. The largest absolute Gasteiger partial charge is 0.334 e. The van der Waals surface area contributed by atoms with Crippen molar-refractivity contribution in [2.24, 2.45) is 0 Å². The summed E-state index contributed by atoms with van der Waals surface area (Å²) < 4.78 is 0. The molecule has 3 aliphatic rings. The van der Waals surface area contributed by atoms with E-state index < -0.39 is 6.04 Å². The van der Waals surface area contributed by atoms with Crippen LogP contribution in [0.2, 0.25) is 0 Å². The highest BCUT2D eigenvalue weighted by molar-refractivity contribution is 8.00. The van der Waals surface area contributed by atoms with Gasteiger partial charge in [-0.25, -0.2) is 9.69 Å². The molecule has 8 nitrogen and oxygen atoms in total. The smallest absolute Gasteiger partial charge is 0.332 e. The maximum atomic E-state index is 13.6. The van der Waals surface area contributed by atoms with Gasteiger partial charge in [0.05, 0.1) is 34.6 Å². The number of nitriles is 1. The number of piperazine rings is 1. The van der Waals surface area contributed by atoms with Crippen LogP contribution in [0, 0.1) is 11.3 Å². The van der Waals surface area contributed by atoms with Crippen LogP contribution in [0.5, 0.6) is 0 Å². The molecule has 0 radical (unpaired) electrons. The topological polar surface area (TPSA) is 97.6 Å². The van der Waals surface area contributed by atoms with Gasteiger partial charge in [0.1, 0.15) is 12.1 Å². The first-order valence-electron chi connectivity index (χ1n) is 11.0. The number of aromatic nitrogens is 1. The van der Waals surface area contributed by atoms with Gasteiger partial charge in [0, 0.05) is 23.0 Å². The van der Waals surface area contributed by atoms with E-state index in [1.807, 2.05) is 30.3 Å². The highest BCUT2D eigenvalue weighted by Crippen LogP contribution is 2.43. The normalized spacial score (nSPS) is 23.0. The number of fused-ring (bicyclic) bond motifs is 6. The summed E-state index contributed by atoms with van der Waals surface area (Å²) in [6, 6.07) is 17.0. The molecule has 3 atom stereocenters. The molecule has 168 valence electrons. The van der Waals surface area contributed by atoms with Crippen LogP contribution in [0.4, 0.5) is 10.5 Å². The van der Waals surface area contributed by atoms with E-state index in [4.69, 9.17) is 0 Å². The molecular formula is C25H19N5O3S. The molecule has 1 aromatic heterocycles. The number of amides is 4. The fraction of sp³-hybridized carbons (Fsp3) is 0.240. The van der Waals surface area contributed by atoms with Crippen LogP contribution in [0.25, 0.3) is 10.9 Å². The van der Waals surface area contributed by atoms with Crippen molar-refractivity contribution in [2.45, 2.75) is 29.4 Å². The summed E-state index contributed by atoms with van der Waals surface area (Å²) in [6.45, 7) is 0.442. The predicted molar refractivity (Wildman–Crippen MR) is 126 cm³/mol. The summed E-state index contributed by atoms with van der Waals surface area (Å²) in [5.41, 5.74) is 1.25. The van der Waals surface area contributed by atoms with Gasteiger partial charge in [-0.15, -0.1) is 11.8 Å². The monoisotopic (exact) mass is 469 g/mol. The number of likely N-dealkylation sites (tertiary alicyclic amines) is 1. The van der Waals surface area contributed by atoms with Crippen LogP contribution in [-0.4, -0.2) is 63.1 Å². The lowest BCUT2D eigenvalue weighted by molar-refractivity contribution is -0.133. The molecule has 3 aromatic rings. The van der Waals surface area contributed by atoms with E-state index in [0.29, 0.717) is 35.1 Å². The van der Waals surface area contributed by atoms with Crippen molar-refractivity contribution in [3.05, 3.63) is 66.4 Å². The molecule has 9 heteroatoms. The minimum absolute atomic E-state index is 0.0206. The van der Waals surface area contributed by atoms with Crippen LogP contribution >= 0.6 is 11.8 Å². The van der Waals surface area contributed by atoms with Crippen molar-refractivity contribution >= 4 is 46.2 Å². The first kappa shape index (κ1) is 20.7. The van der Waals surface area contributed by atoms with Crippen molar-refractivity contribution in [1.29, 1.82) is 5.26 Å². The third-order valence-corrected chi connectivity index (χ3v) is 7.80. The zero-order chi connectivity index (χ0) is 23.4. The van der Waals surface area contributed by atoms with Crippen molar-refractivity contribution < 1.29 is 14.4 Å². The highest BCUT2D eigenvalue weighted by Gasteiger charge is 2.62. The molecule has 6 rings (SSSR count). The van der Waals surface area contributed by atoms with Gasteiger partial charge in [0.15, 0.2) is 0 Å². The van der Waals surface area contributed by atoms with E-state index in [2.05, 4.69) is 11.1 Å². The second-order valence-corrected chi connectivity index (χ2v) is 9.61. The van der Waals surface area contributed by atoms with Gasteiger partial charge in [-0.3, -0.25) is 14.6 Å². The number of imide groups is 1. The number of benzene rings is 2. The third kappa shape index (κ3) is 2.99. The molecule has 0 spiro atoms. The van der Waals surface area contributed by atoms with Gasteiger partial charge in [0.25, 0.3) is 5.91 Å². The summed E-state index contributed by atoms with van der Waals surface area (Å²) in [4.78, 5) is 49.9. The van der Waals surface area contributed by atoms with Crippen LogP contribution in [0.15, 0.2) is 65.7 Å². The van der Waals surface area contributed by atoms with Crippen LogP contribution < -0.4 is 4.90 Å². The van der Waals surface area contributed by atoms with E-state index in [0.717, 1.165) is 4.90 Å². The number of thioether (sulfide) groups is 1. The number of urea groups is 1. The van der Waals surface area contributed by atoms with E-state index in [1.54, 1.807) is 40.3 Å². The molecule has 4 amide bonds. The minimum Gasteiger partial charge on any atom is -0.334 e. The summed E-state index contributed by atoms with van der Waals surface area (Å²) in [6.07, 6.45) is 2.20. The number of hydrogen-bond acceptors (Lipinski definition) is 6. The zero-order valence-electron chi connectivity index (χ0n) is 18.0.